The maximum Gasteiger partial charge on any atom is 0.0803 e. The molecule has 3 heteroatoms. The standard InChI is InChI=1S/C6H15N.2ClH/c1-5(2)7-6(3)4;;/h5-7H,1-4H3;2*1H/p-1. The third kappa shape index (κ3) is 17.7. The molecule has 0 heterocycles. The van der Waals surface area contributed by atoms with Gasteiger partial charge in [-0.05, 0) is 27.7 Å². The number of hydrogen-bond acceptors (Lipinski definition) is 0. The molecule has 60 valence electrons. The molecule has 0 saturated carbocycles. The fourth-order valence-electron chi connectivity index (χ4n) is 0.770. The van der Waals surface area contributed by atoms with Crippen LogP contribution in [0.5, 0.6) is 0 Å². The summed E-state index contributed by atoms with van der Waals surface area (Å²) in [7, 11) is 0. The van der Waals surface area contributed by atoms with Crippen molar-refractivity contribution in [3.63, 3.8) is 0 Å². The Hall–Kier alpha value is 0.540. The van der Waals surface area contributed by atoms with Crippen LogP contribution in [0.2, 0.25) is 0 Å². The van der Waals surface area contributed by atoms with Crippen molar-refractivity contribution in [3.05, 3.63) is 0 Å². The Balaban J connectivity index is -0.000000180. The predicted molar refractivity (Wildman–Crippen MR) is 32.2 cm³/mol. The summed E-state index contributed by atoms with van der Waals surface area (Å²) in [5.74, 6) is 0. The zero-order valence-corrected chi connectivity index (χ0v) is 8.00. The third-order valence-corrected chi connectivity index (χ3v) is 0.770. The molecule has 0 aromatic rings. The molecule has 0 fully saturated rings. The molecule has 0 spiro atoms. The quantitative estimate of drug-likeness (QED) is 0.429. The summed E-state index contributed by atoms with van der Waals surface area (Å²) in [6, 6.07) is 1.50. The van der Waals surface area contributed by atoms with E-state index in [9.17, 15) is 0 Å². The molecule has 0 saturated heterocycles. The zero-order valence-electron chi connectivity index (χ0n) is 6.49. The van der Waals surface area contributed by atoms with Crippen LogP contribution >= 0.6 is 0 Å². The van der Waals surface area contributed by atoms with Gasteiger partial charge in [-0.15, -0.1) is 0 Å². The van der Waals surface area contributed by atoms with E-state index in [1.54, 1.807) is 0 Å². The highest BCUT2D eigenvalue weighted by Crippen LogP contribution is 1.67. The zero-order chi connectivity index (χ0) is 5.86. The Morgan fingerprint density at radius 3 is 1.00 bits per heavy atom. The Bertz CT molecular complexity index is 40.3. The van der Waals surface area contributed by atoms with E-state index < -0.39 is 0 Å². The minimum absolute atomic E-state index is 0. The molecule has 0 amide bonds. The van der Waals surface area contributed by atoms with Crippen molar-refractivity contribution in [2.75, 3.05) is 0 Å². The number of halogens is 2. The fourth-order valence-corrected chi connectivity index (χ4v) is 0.770. The van der Waals surface area contributed by atoms with Gasteiger partial charge >= 0.3 is 0 Å². The second kappa shape index (κ2) is 8.54. The molecule has 0 unspecified atom stereocenters. The van der Waals surface area contributed by atoms with Crippen LogP contribution < -0.4 is 30.1 Å². The van der Waals surface area contributed by atoms with Crippen molar-refractivity contribution in [1.29, 1.82) is 0 Å². The van der Waals surface area contributed by atoms with E-state index >= 15 is 0 Å². The van der Waals surface area contributed by atoms with E-state index in [1.165, 1.54) is 0 Å². The molecular weight excluding hydrogens is 157 g/mol. The van der Waals surface area contributed by atoms with E-state index in [0.717, 1.165) is 12.1 Å². The second-order valence-corrected chi connectivity index (χ2v) is 2.68. The number of quaternary nitrogens is 1. The Kier molecular flexibility index (Phi) is 15.4. The second-order valence-electron chi connectivity index (χ2n) is 2.68. The van der Waals surface area contributed by atoms with E-state index in [2.05, 4.69) is 33.0 Å². The van der Waals surface area contributed by atoms with Gasteiger partial charge in [0.2, 0.25) is 0 Å². The lowest BCUT2D eigenvalue weighted by atomic mass is 10.3. The first-order valence-electron chi connectivity index (χ1n) is 2.98. The van der Waals surface area contributed by atoms with Crippen LogP contribution in [0.4, 0.5) is 0 Å². The molecule has 0 aromatic heterocycles. The lowest BCUT2D eigenvalue weighted by Crippen LogP contribution is -3.00. The first-order valence-corrected chi connectivity index (χ1v) is 2.98. The lowest BCUT2D eigenvalue weighted by molar-refractivity contribution is -0.709. The van der Waals surface area contributed by atoms with Crippen molar-refractivity contribution in [3.8, 4) is 0 Å². The monoisotopic (exact) mass is 172 g/mol. The summed E-state index contributed by atoms with van der Waals surface area (Å²) < 4.78 is 0. The molecule has 0 aliphatic heterocycles. The van der Waals surface area contributed by atoms with Gasteiger partial charge in [0.15, 0.2) is 0 Å². The van der Waals surface area contributed by atoms with Crippen molar-refractivity contribution >= 4 is 0 Å². The van der Waals surface area contributed by atoms with Crippen LogP contribution in [0.3, 0.4) is 0 Å². The molecule has 0 bridgehead atoms. The smallest absolute Gasteiger partial charge is 0.0803 e. The highest BCUT2D eigenvalue weighted by Gasteiger charge is 1.96. The van der Waals surface area contributed by atoms with Crippen LogP contribution in [0, 0.1) is 0 Å². The van der Waals surface area contributed by atoms with Gasteiger partial charge in [0, 0.05) is 0 Å². The summed E-state index contributed by atoms with van der Waals surface area (Å²) >= 11 is 0. The average molecular weight is 173 g/mol. The molecule has 9 heavy (non-hydrogen) atoms. The average Bonchev–Trinajstić information content (AvgIpc) is 1.27. The molecule has 1 nitrogen and oxygen atoms in total. The maximum atomic E-state index is 2.33. The summed E-state index contributed by atoms with van der Waals surface area (Å²) in [4.78, 5) is 0. The van der Waals surface area contributed by atoms with Crippen LogP contribution in [-0.4, -0.2) is 12.1 Å². The van der Waals surface area contributed by atoms with Gasteiger partial charge in [0.1, 0.15) is 0 Å². The molecule has 0 aliphatic rings. The topological polar surface area (TPSA) is 16.6 Å². The van der Waals surface area contributed by atoms with Gasteiger partial charge in [-0.3, -0.25) is 0 Å². The van der Waals surface area contributed by atoms with Crippen LogP contribution in [0.25, 0.3) is 0 Å². The molecular formula is C6H16Cl2N-. The summed E-state index contributed by atoms with van der Waals surface area (Å²) in [5, 5.41) is 2.33. The maximum absolute atomic E-state index is 2.33. The molecule has 0 radical (unpaired) electrons. The molecule has 0 aromatic carbocycles. The summed E-state index contributed by atoms with van der Waals surface area (Å²) in [6.45, 7) is 8.83. The van der Waals surface area contributed by atoms with E-state index in [-0.39, 0.29) is 24.8 Å². The van der Waals surface area contributed by atoms with Crippen molar-refractivity contribution < 1.29 is 30.1 Å². The van der Waals surface area contributed by atoms with E-state index in [1.807, 2.05) is 0 Å². The normalized spacial score (nSPS) is 8.67. The molecule has 0 rings (SSSR count). The largest absolute Gasteiger partial charge is 1.00 e. The van der Waals surface area contributed by atoms with Crippen LogP contribution in [0.1, 0.15) is 27.7 Å². The minimum Gasteiger partial charge on any atom is -1.00 e. The highest BCUT2D eigenvalue weighted by atomic mass is 35.5. The van der Waals surface area contributed by atoms with Gasteiger partial charge in [0.25, 0.3) is 0 Å². The Morgan fingerprint density at radius 1 is 0.778 bits per heavy atom. The SMILES string of the molecule is CC(C)[NH2+]C(C)C.[Cl-].[Cl-]. The van der Waals surface area contributed by atoms with Gasteiger partial charge in [-0.2, -0.15) is 0 Å². The first-order chi connectivity index (χ1) is 3.13. The van der Waals surface area contributed by atoms with Gasteiger partial charge < -0.3 is 30.1 Å². The Labute approximate surface area is 70.4 Å². The van der Waals surface area contributed by atoms with Crippen LogP contribution in [0.15, 0.2) is 0 Å². The van der Waals surface area contributed by atoms with E-state index in [4.69, 9.17) is 0 Å². The first kappa shape index (κ1) is 16.3. The van der Waals surface area contributed by atoms with Crippen molar-refractivity contribution in [2.24, 2.45) is 0 Å². The molecule has 0 atom stereocenters. The van der Waals surface area contributed by atoms with Crippen molar-refractivity contribution in [2.45, 2.75) is 39.8 Å². The fraction of sp³-hybridized carbons (Fsp3) is 1.00. The Morgan fingerprint density at radius 2 is 1.00 bits per heavy atom. The van der Waals surface area contributed by atoms with E-state index in [0.29, 0.717) is 0 Å². The van der Waals surface area contributed by atoms with Crippen molar-refractivity contribution in [1.82, 2.24) is 0 Å². The van der Waals surface area contributed by atoms with Gasteiger partial charge in [0.05, 0.1) is 12.1 Å². The number of rotatable bonds is 2. The summed E-state index contributed by atoms with van der Waals surface area (Å²) in [5.41, 5.74) is 0. The lowest BCUT2D eigenvalue weighted by Gasteiger charge is -2.06. The number of nitrogens with two attached hydrogens (primary N) is 1. The molecule has 2 N–H and O–H groups in total. The van der Waals surface area contributed by atoms with Crippen LogP contribution in [-0.2, 0) is 0 Å². The van der Waals surface area contributed by atoms with Gasteiger partial charge in [-0.25, -0.2) is 0 Å². The third-order valence-electron chi connectivity index (χ3n) is 0.770. The minimum atomic E-state index is 0. The van der Waals surface area contributed by atoms with Gasteiger partial charge in [-0.1, -0.05) is 0 Å². The number of hydrogen-bond donors (Lipinski definition) is 1. The predicted octanol–water partition coefficient (Wildman–Crippen LogP) is -5.63. The highest BCUT2D eigenvalue weighted by molar-refractivity contribution is 4.31. The molecule has 0 aliphatic carbocycles. The summed E-state index contributed by atoms with van der Waals surface area (Å²) in [6.07, 6.45) is 0.